The molecule has 3 rings (SSSR count). The van der Waals surface area contributed by atoms with E-state index in [9.17, 15) is 35.5 Å². The van der Waals surface area contributed by atoms with Crippen molar-refractivity contribution in [2.75, 3.05) is 39.3 Å². The van der Waals surface area contributed by atoms with Crippen LogP contribution in [-0.2, 0) is 0 Å². The van der Waals surface area contributed by atoms with Gasteiger partial charge in [0.05, 0.1) is 13.2 Å². The molecular formula is C22H27F7N2O2. The van der Waals surface area contributed by atoms with Gasteiger partial charge in [0.2, 0.25) is 0 Å². The number of amides is 1. The second kappa shape index (κ2) is 10.5. The maximum atomic E-state index is 14.3. The third-order valence-electron chi connectivity index (χ3n) is 6.19. The van der Waals surface area contributed by atoms with Gasteiger partial charge in [0.25, 0.3) is 5.91 Å². The van der Waals surface area contributed by atoms with E-state index in [1.807, 2.05) is 0 Å². The summed E-state index contributed by atoms with van der Waals surface area (Å²) in [6, 6.07) is 1.96. The highest BCUT2D eigenvalue weighted by Crippen LogP contribution is 2.37. The molecule has 0 atom stereocenters. The lowest BCUT2D eigenvalue weighted by Gasteiger charge is -2.34. The average Bonchev–Trinajstić information content (AvgIpc) is 3.26. The average molecular weight is 484 g/mol. The van der Waals surface area contributed by atoms with Crippen LogP contribution >= 0.6 is 0 Å². The molecule has 11 heteroatoms. The number of carbonyl (C=O) groups is 1. The third-order valence-corrected chi connectivity index (χ3v) is 6.19. The first-order valence-electron chi connectivity index (χ1n) is 11.1. The van der Waals surface area contributed by atoms with Crippen molar-refractivity contribution in [1.29, 1.82) is 0 Å². The summed E-state index contributed by atoms with van der Waals surface area (Å²) in [6.45, 7) is 0.0733. The molecule has 2 heterocycles. The summed E-state index contributed by atoms with van der Waals surface area (Å²) in [7, 11) is 0. The summed E-state index contributed by atoms with van der Waals surface area (Å²) in [5, 5.41) is 0. The van der Waals surface area contributed by atoms with Crippen LogP contribution in [0.1, 0.15) is 48.9 Å². The fraction of sp³-hybridized carbons (Fsp3) is 0.682. The van der Waals surface area contributed by atoms with Gasteiger partial charge < -0.3 is 9.64 Å². The smallest absolute Gasteiger partial charge is 0.454 e. The van der Waals surface area contributed by atoms with Crippen LogP contribution in [0.15, 0.2) is 12.1 Å². The van der Waals surface area contributed by atoms with Gasteiger partial charge in [0.15, 0.2) is 0 Å². The van der Waals surface area contributed by atoms with Gasteiger partial charge in [0.1, 0.15) is 22.9 Å². The van der Waals surface area contributed by atoms with Gasteiger partial charge in [-0.2, -0.15) is 22.0 Å². The van der Waals surface area contributed by atoms with E-state index in [4.69, 9.17) is 4.74 Å². The third kappa shape index (κ3) is 6.51. The predicted octanol–water partition coefficient (Wildman–Crippen LogP) is 5.27. The Bertz CT molecular complexity index is 794. The van der Waals surface area contributed by atoms with E-state index >= 15 is 0 Å². The van der Waals surface area contributed by atoms with Crippen LogP contribution in [0.5, 0.6) is 5.75 Å². The number of halogens is 7. The van der Waals surface area contributed by atoms with Crippen molar-refractivity contribution < 1.29 is 40.3 Å². The number of piperidine rings is 1. The van der Waals surface area contributed by atoms with Crippen LogP contribution in [0.25, 0.3) is 0 Å². The first kappa shape index (κ1) is 25.6. The summed E-state index contributed by atoms with van der Waals surface area (Å²) in [5.41, 5.74) is -0.591. The van der Waals surface area contributed by atoms with E-state index in [1.165, 1.54) is 4.90 Å². The van der Waals surface area contributed by atoms with Crippen molar-refractivity contribution in [3.63, 3.8) is 0 Å². The Morgan fingerprint density at radius 1 is 0.970 bits per heavy atom. The zero-order chi connectivity index (χ0) is 24.2. The lowest BCUT2D eigenvalue weighted by molar-refractivity contribution is -0.287. The molecule has 0 radical (unpaired) electrons. The molecule has 0 spiro atoms. The molecule has 4 nitrogen and oxygen atoms in total. The van der Waals surface area contributed by atoms with Crippen molar-refractivity contribution in [3.05, 3.63) is 29.3 Å². The highest BCUT2D eigenvalue weighted by atomic mass is 19.4. The number of benzene rings is 1. The quantitative estimate of drug-likeness (QED) is 0.372. The second-order valence-electron chi connectivity index (χ2n) is 8.67. The Balaban J connectivity index is 1.40. The number of hydrogen-bond donors (Lipinski definition) is 0. The van der Waals surface area contributed by atoms with Crippen LogP contribution in [0.4, 0.5) is 30.7 Å². The molecule has 0 bridgehead atoms. The molecule has 1 aromatic rings. The van der Waals surface area contributed by atoms with Crippen LogP contribution in [0.3, 0.4) is 0 Å². The Hall–Kier alpha value is -2.04. The van der Waals surface area contributed by atoms with E-state index in [0.717, 1.165) is 29.9 Å². The zero-order valence-electron chi connectivity index (χ0n) is 18.1. The van der Waals surface area contributed by atoms with Gasteiger partial charge in [-0.1, -0.05) is 0 Å². The van der Waals surface area contributed by atoms with Crippen molar-refractivity contribution in [2.45, 2.75) is 50.6 Å². The second-order valence-corrected chi connectivity index (χ2v) is 8.67. The molecule has 2 saturated heterocycles. The largest absolute Gasteiger partial charge is 0.493 e. The van der Waals surface area contributed by atoms with Gasteiger partial charge >= 0.3 is 12.1 Å². The number of nitrogens with zero attached hydrogens (tertiary/aromatic N) is 2. The first-order valence-corrected chi connectivity index (χ1v) is 11.1. The molecule has 2 aliphatic rings. The number of hydrogen-bond acceptors (Lipinski definition) is 3. The van der Waals surface area contributed by atoms with Crippen LogP contribution in [0, 0.1) is 17.6 Å². The predicted molar refractivity (Wildman–Crippen MR) is 106 cm³/mol. The topological polar surface area (TPSA) is 32.8 Å². The lowest BCUT2D eigenvalue weighted by Crippen LogP contribution is -2.49. The fourth-order valence-corrected chi connectivity index (χ4v) is 4.28. The Morgan fingerprint density at radius 3 is 2.09 bits per heavy atom. The number of ether oxygens (including phenoxy) is 1. The Morgan fingerprint density at radius 2 is 1.55 bits per heavy atom. The molecular weight excluding hydrogens is 457 g/mol. The van der Waals surface area contributed by atoms with E-state index < -0.39 is 41.7 Å². The normalized spacial score (nSPS) is 18.7. The van der Waals surface area contributed by atoms with Crippen molar-refractivity contribution in [1.82, 2.24) is 9.80 Å². The van der Waals surface area contributed by atoms with Gasteiger partial charge in [-0.3, -0.25) is 9.69 Å². The molecule has 0 unspecified atom stereocenters. The van der Waals surface area contributed by atoms with Gasteiger partial charge in [-0.25, -0.2) is 8.78 Å². The van der Waals surface area contributed by atoms with Gasteiger partial charge in [-0.05, 0) is 57.5 Å². The lowest BCUT2D eigenvalue weighted by atomic mass is 9.92. The summed E-state index contributed by atoms with van der Waals surface area (Å²) in [6.07, 6.45) is -1.79. The minimum Gasteiger partial charge on any atom is -0.493 e. The molecule has 0 aliphatic carbocycles. The molecule has 186 valence electrons. The molecule has 0 N–H and O–H groups in total. The Kier molecular flexibility index (Phi) is 8.13. The minimum atomic E-state index is -5.56. The maximum absolute atomic E-state index is 14.3. The minimum absolute atomic E-state index is 0.0350. The van der Waals surface area contributed by atoms with E-state index in [1.54, 1.807) is 0 Å². The monoisotopic (exact) mass is 484 g/mol. The molecule has 1 aromatic carbocycles. The molecule has 0 aromatic heterocycles. The summed E-state index contributed by atoms with van der Waals surface area (Å²) < 4.78 is 97.4. The zero-order valence-corrected chi connectivity index (χ0v) is 18.1. The van der Waals surface area contributed by atoms with E-state index in [2.05, 4.69) is 0 Å². The maximum Gasteiger partial charge on any atom is 0.454 e. The van der Waals surface area contributed by atoms with E-state index in [-0.39, 0.29) is 31.4 Å². The van der Waals surface area contributed by atoms with Gasteiger partial charge in [0, 0.05) is 25.2 Å². The van der Waals surface area contributed by atoms with Crippen LogP contribution in [0.2, 0.25) is 0 Å². The first-order chi connectivity index (χ1) is 15.5. The number of likely N-dealkylation sites (tertiary alicyclic amines) is 2. The fourth-order valence-electron chi connectivity index (χ4n) is 4.28. The number of rotatable bonds is 8. The summed E-state index contributed by atoms with van der Waals surface area (Å²) in [5.74, 6) is -7.25. The molecule has 2 fully saturated rings. The highest BCUT2D eigenvalue weighted by Gasteiger charge is 2.58. The van der Waals surface area contributed by atoms with Crippen LogP contribution < -0.4 is 4.74 Å². The van der Waals surface area contributed by atoms with Crippen molar-refractivity contribution >= 4 is 5.91 Å². The van der Waals surface area contributed by atoms with E-state index in [0.29, 0.717) is 38.8 Å². The standard InChI is InChI=1S/C22H27F7N2O2/c23-17-12-16(13-18(24)19(17)20(32)31-7-1-2-8-31)33-11-3-4-15-5-9-30(10-6-15)14-21(25,26)22(27,28)29/h12-13,15H,1-11,14H2. The summed E-state index contributed by atoms with van der Waals surface area (Å²) >= 11 is 0. The molecule has 2 aliphatic heterocycles. The molecule has 1 amide bonds. The summed E-state index contributed by atoms with van der Waals surface area (Å²) in [4.78, 5) is 14.8. The van der Waals surface area contributed by atoms with Crippen LogP contribution in [-0.4, -0.2) is 67.1 Å². The molecule has 0 saturated carbocycles. The number of alkyl halides is 5. The number of carbonyl (C=O) groups excluding carboxylic acids is 1. The highest BCUT2D eigenvalue weighted by molar-refractivity contribution is 5.95. The van der Waals surface area contributed by atoms with Crippen molar-refractivity contribution in [3.8, 4) is 5.75 Å². The van der Waals surface area contributed by atoms with Crippen molar-refractivity contribution in [2.24, 2.45) is 5.92 Å². The molecule has 33 heavy (non-hydrogen) atoms. The van der Waals surface area contributed by atoms with Gasteiger partial charge in [-0.15, -0.1) is 0 Å². The SMILES string of the molecule is O=C(c1c(F)cc(OCCCC2CCN(CC(F)(F)C(F)(F)F)CC2)cc1F)N1CCCC1. The Labute approximate surface area is 187 Å².